The lowest BCUT2D eigenvalue weighted by atomic mass is 9.72. The second-order valence-electron chi connectivity index (χ2n) is 23.3. The molecule has 18 heteroatoms. The maximum atomic E-state index is 15.1. The molecule has 4 aromatic rings. The topological polar surface area (TPSA) is 165 Å². The van der Waals surface area contributed by atoms with Crippen LogP contribution in [-0.2, 0) is 51.0 Å². The maximum Gasteiger partial charge on any atom is 0.324 e. The number of thiazole rings is 1. The van der Waals surface area contributed by atoms with Crippen molar-refractivity contribution in [1.82, 2.24) is 40.1 Å². The van der Waals surface area contributed by atoms with Gasteiger partial charge in [0, 0.05) is 112 Å². The fourth-order valence-electron chi connectivity index (χ4n) is 12.8. The van der Waals surface area contributed by atoms with E-state index in [1.54, 1.807) is 12.1 Å². The van der Waals surface area contributed by atoms with Crippen molar-refractivity contribution in [2.24, 2.45) is 11.3 Å². The number of cyclic esters (lactones) is 1. The molecule has 2 aliphatic carbocycles. The lowest BCUT2D eigenvalue weighted by Crippen LogP contribution is -2.65. The number of esters is 1. The van der Waals surface area contributed by atoms with E-state index in [0.29, 0.717) is 70.9 Å². The SMILES string of the molecule is CO[C@@H](C)c1ncc(N2CCN(C3CC3)CC2)cc1-c1c2c3cc(ccc3n1CCOC1CCOCC1)-c1csc(n1)[C@@H](N1CCC1)[C@H](NC(=O)C13CC(C1)[C@@H](C)O3)C(=O)N1CCC[C@H](N1)C(=O)OCC(C)(C)C2. The van der Waals surface area contributed by atoms with E-state index in [1.165, 1.54) is 24.2 Å². The van der Waals surface area contributed by atoms with Crippen LogP contribution in [0.4, 0.5) is 5.69 Å². The van der Waals surface area contributed by atoms with E-state index >= 15 is 4.79 Å². The van der Waals surface area contributed by atoms with Crippen LogP contribution in [-0.4, -0.2) is 162 Å². The van der Waals surface area contributed by atoms with Crippen LogP contribution in [0, 0.1) is 11.3 Å². The number of likely N-dealkylation sites (tertiary alicyclic amines) is 1. The number of carbonyl (C=O) groups is 3. The maximum absolute atomic E-state index is 15.1. The third-order valence-electron chi connectivity index (χ3n) is 17.5. The van der Waals surface area contributed by atoms with Crippen LogP contribution >= 0.6 is 11.3 Å². The van der Waals surface area contributed by atoms with Gasteiger partial charge in [-0.15, -0.1) is 11.3 Å². The van der Waals surface area contributed by atoms with Crippen molar-refractivity contribution in [2.45, 2.75) is 147 Å². The van der Waals surface area contributed by atoms with Crippen molar-refractivity contribution in [3.63, 3.8) is 0 Å². The molecule has 7 aliphatic heterocycles. The van der Waals surface area contributed by atoms with Crippen LogP contribution in [0.1, 0.15) is 114 Å². The van der Waals surface area contributed by atoms with Gasteiger partial charge in [0.2, 0.25) is 0 Å². The van der Waals surface area contributed by atoms with Crippen LogP contribution < -0.4 is 15.6 Å². The van der Waals surface area contributed by atoms with Crippen molar-refractivity contribution in [3.05, 3.63) is 52.1 Å². The van der Waals surface area contributed by atoms with Gasteiger partial charge in [0.25, 0.3) is 11.8 Å². The Morgan fingerprint density at radius 2 is 1.78 bits per heavy atom. The fourth-order valence-corrected chi connectivity index (χ4v) is 13.8. The first-order chi connectivity index (χ1) is 35.8. The normalized spacial score (nSPS) is 29.4. The molecule has 8 fully saturated rings. The van der Waals surface area contributed by atoms with Crippen LogP contribution in [0.5, 0.6) is 0 Å². The van der Waals surface area contributed by atoms with Crippen LogP contribution in [0.2, 0.25) is 0 Å². The van der Waals surface area contributed by atoms with Gasteiger partial charge in [0.1, 0.15) is 22.7 Å². The van der Waals surface area contributed by atoms with E-state index in [1.807, 2.05) is 13.1 Å². The van der Waals surface area contributed by atoms with Gasteiger partial charge >= 0.3 is 5.97 Å². The predicted molar refractivity (Wildman–Crippen MR) is 281 cm³/mol. The van der Waals surface area contributed by atoms with E-state index in [-0.39, 0.29) is 36.7 Å². The Labute approximate surface area is 438 Å². The summed E-state index contributed by atoms with van der Waals surface area (Å²) < 4.78 is 33.6. The molecule has 6 saturated heterocycles. The number of nitrogens with one attached hydrogen (secondary N) is 2. The van der Waals surface area contributed by atoms with Gasteiger partial charge in [0.15, 0.2) is 0 Å². The Morgan fingerprint density at radius 3 is 2.50 bits per heavy atom. The number of amides is 2. The number of ether oxygens (including phenoxy) is 5. The van der Waals surface area contributed by atoms with Crippen LogP contribution in [0.3, 0.4) is 0 Å². The highest BCUT2D eigenvalue weighted by atomic mass is 32.1. The number of hydrazine groups is 1. The summed E-state index contributed by atoms with van der Waals surface area (Å²) in [5.74, 6) is -0.625. The molecule has 0 radical (unpaired) electrons. The van der Waals surface area contributed by atoms with Gasteiger partial charge in [-0.3, -0.25) is 34.2 Å². The van der Waals surface area contributed by atoms with Gasteiger partial charge in [-0.05, 0) is 108 Å². The molecule has 1 aromatic carbocycles. The molecule has 5 atom stereocenters. The smallest absolute Gasteiger partial charge is 0.324 e. The summed E-state index contributed by atoms with van der Waals surface area (Å²) in [6, 6.07) is 7.45. The number of hydrogen-bond acceptors (Lipinski definition) is 15. The Kier molecular flexibility index (Phi) is 13.9. The number of nitrogens with zero attached hydrogens (tertiary/aromatic N) is 7. The van der Waals surface area contributed by atoms with Gasteiger partial charge in [-0.25, -0.2) is 10.4 Å². The first-order valence-electron chi connectivity index (χ1n) is 27.6. The zero-order valence-corrected chi connectivity index (χ0v) is 44.8. The van der Waals surface area contributed by atoms with Crippen molar-refractivity contribution < 1.29 is 38.1 Å². The number of piperazine rings is 1. The van der Waals surface area contributed by atoms with E-state index in [9.17, 15) is 9.59 Å². The highest BCUT2D eigenvalue weighted by Crippen LogP contribution is 2.53. The molecule has 398 valence electrons. The van der Waals surface area contributed by atoms with Gasteiger partial charge < -0.3 is 38.5 Å². The Balaban J connectivity index is 0.994. The molecule has 2 saturated carbocycles. The minimum atomic E-state index is -0.987. The highest BCUT2D eigenvalue weighted by Gasteiger charge is 2.61. The van der Waals surface area contributed by atoms with Crippen LogP contribution in [0.15, 0.2) is 35.8 Å². The van der Waals surface area contributed by atoms with Crippen molar-refractivity contribution in [3.8, 4) is 22.5 Å². The molecule has 17 nitrogen and oxygen atoms in total. The van der Waals surface area contributed by atoms with Crippen molar-refractivity contribution >= 4 is 45.7 Å². The van der Waals surface area contributed by atoms with E-state index in [4.69, 9.17) is 33.7 Å². The molecule has 74 heavy (non-hydrogen) atoms. The first-order valence-corrected chi connectivity index (χ1v) is 28.5. The van der Waals surface area contributed by atoms with Gasteiger partial charge in [0.05, 0.1) is 66.5 Å². The number of benzene rings is 1. The summed E-state index contributed by atoms with van der Waals surface area (Å²) in [7, 11) is 1.75. The molecule has 0 unspecified atom stereocenters. The van der Waals surface area contributed by atoms with Gasteiger partial charge in [-0.2, -0.15) is 0 Å². The summed E-state index contributed by atoms with van der Waals surface area (Å²) in [6.07, 6.45) is 10.1. The number of fused-ring (bicyclic) bond motifs is 7. The molecule has 9 aliphatic rings. The fraction of sp³-hybridized carbons (Fsp3) is 0.661. The zero-order valence-electron chi connectivity index (χ0n) is 43.9. The van der Waals surface area contributed by atoms with Gasteiger partial charge in [-0.1, -0.05) is 19.9 Å². The minimum absolute atomic E-state index is 0.0122. The number of methoxy groups -OCH3 is 1. The molecule has 2 amide bonds. The first kappa shape index (κ1) is 50.3. The summed E-state index contributed by atoms with van der Waals surface area (Å²) in [5, 5.41) is 8.73. The van der Waals surface area contributed by atoms with Crippen molar-refractivity contribution in [2.75, 3.05) is 84.3 Å². The molecular weight excluding hydrogens is 959 g/mol. The third kappa shape index (κ3) is 9.68. The Hall–Kier alpha value is -4.53. The van der Waals surface area contributed by atoms with E-state index in [2.05, 4.69) is 80.4 Å². The van der Waals surface area contributed by atoms with Crippen molar-refractivity contribution in [1.29, 1.82) is 0 Å². The lowest BCUT2D eigenvalue weighted by molar-refractivity contribution is -0.158. The summed E-state index contributed by atoms with van der Waals surface area (Å²) in [4.78, 5) is 62.0. The summed E-state index contributed by atoms with van der Waals surface area (Å²) >= 11 is 1.52. The number of carbonyl (C=O) groups excluding carboxylic acids is 3. The second-order valence-corrected chi connectivity index (χ2v) is 24.1. The number of pyridine rings is 1. The Morgan fingerprint density at radius 1 is 0.986 bits per heavy atom. The molecule has 10 heterocycles. The number of rotatable bonds is 12. The highest BCUT2D eigenvalue weighted by molar-refractivity contribution is 7.10. The average Bonchev–Trinajstić information content (AvgIpc) is 3.74. The molecular formula is C56H75N9O8S. The second kappa shape index (κ2) is 20.4. The quantitative estimate of drug-likeness (QED) is 0.149. The predicted octanol–water partition coefficient (Wildman–Crippen LogP) is 6.43. The summed E-state index contributed by atoms with van der Waals surface area (Å²) in [5.41, 5.74) is 9.77. The van der Waals surface area contributed by atoms with Crippen LogP contribution in [0.25, 0.3) is 33.4 Å². The van der Waals surface area contributed by atoms with E-state index < -0.39 is 35.1 Å². The standard InChI is InChI=1S/C56H75N9O8S/c1-34-37-28-56(29-37,73-34)54(68)59-48-50(63-15-7-16-63)51-58-45(32-74-51)36-9-12-46-41(26-36)43(30-55(3,4)33-72-53(67)44-8-6-17-65(60-44)52(48)66)49(64(46)22-25-71-40-13-23-70-24-14-40)42-27-39(31-57-47(42)35(2)69-5)62-20-18-61(19-21-62)38-10-11-38/h9,12,26-27,31-32,34-35,37-38,40,44,48,50,60H,6-8,10-11,13-25,28-30,33H2,1-5H3,(H,59,68)/t34-,35+,37?,44+,48+,50+,56?/m1/s1. The largest absolute Gasteiger partial charge is 0.464 e. The monoisotopic (exact) mass is 1030 g/mol. The average molecular weight is 1030 g/mol. The zero-order chi connectivity index (χ0) is 50.9. The Bertz CT molecular complexity index is 2730. The summed E-state index contributed by atoms with van der Waals surface area (Å²) in [6.45, 7) is 16.9. The molecule has 13 rings (SSSR count). The molecule has 0 spiro atoms. The number of aromatic nitrogens is 3. The lowest BCUT2D eigenvalue weighted by Gasteiger charge is -2.44. The third-order valence-corrected chi connectivity index (χ3v) is 18.5. The number of hydrogen-bond donors (Lipinski definition) is 2. The molecule has 8 bridgehead atoms. The minimum Gasteiger partial charge on any atom is -0.464 e. The molecule has 2 N–H and O–H groups in total. The van der Waals surface area contributed by atoms with E-state index in [0.717, 1.165) is 120 Å². The molecule has 3 aromatic heterocycles. The number of anilines is 1.